The third-order valence-electron chi connectivity index (χ3n) is 2.29. The summed E-state index contributed by atoms with van der Waals surface area (Å²) in [7, 11) is 0. The Morgan fingerprint density at radius 2 is 2.17 bits per heavy atom. The van der Waals surface area contributed by atoms with Gasteiger partial charge in [-0.05, 0) is 44.5 Å². The fourth-order valence-electron chi connectivity index (χ4n) is 1.58. The fraction of sp³-hybridized carbons (Fsp3) is 0.462. The van der Waals surface area contributed by atoms with Crippen molar-refractivity contribution in [2.45, 2.75) is 32.9 Å². The Balaban J connectivity index is 3.08. The van der Waals surface area contributed by atoms with Gasteiger partial charge in [-0.15, -0.1) is 0 Å². The molecule has 0 amide bonds. The minimum Gasteiger partial charge on any atom is -0.465 e. The topological polar surface area (TPSA) is 38.3 Å². The number of benzene rings is 1. The molecule has 1 unspecified atom stereocenters. The summed E-state index contributed by atoms with van der Waals surface area (Å²) in [5.41, 5.74) is 0.721. The quantitative estimate of drug-likeness (QED) is 0.834. The zero-order chi connectivity index (χ0) is 13.7. The maximum atomic E-state index is 12.0. The number of carbonyl (C=O) groups excluding carboxylic acids is 1. The number of hydrogen-bond acceptors (Lipinski definition) is 3. The second-order valence-corrected chi connectivity index (χ2v) is 5.50. The summed E-state index contributed by atoms with van der Waals surface area (Å²) in [6.07, 6.45) is 0. The zero-order valence-electron chi connectivity index (χ0n) is 10.7. The van der Waals surface area contributed by atoms with E-state index in [2.05, 4.69) is 21.2 Å². The van der Waals surface area contributed by atoms with E-state index in [0.29, 0.717) is 11.6 Å². The Morgan fingerprint density at radius 1 is 1.50 bits per heavy atom. The minimum absolute atomic E-state index is 0.148. The van der Waals surface area contributed by atoms with E-state index in [9.17, 15) is 4.79 Å². The first-order valence-electron chi connectivity index (χ1n) is 5.83. The number of rotatable bonds is 5. The van der Waals surface area contributed by atoms with Gasteiger partial charge >= 0.3 is 5.97 Å². The highest BCUT2D eigenvalue weighted by molar-refractivity contribution is 9.10. The molecular formula is C13H17BrClNO2. The van der Waals surface area contributed by atoms with E-state index >= 15 is 0 Å². The number of esters is 1. The highest BCUT2D eigenvalue weighted by atomic mass is 79.9. The Bertz CT molecular complexity index is 423. The van der Waals surface area contributed by atoms with Crippen molar-refractivity contribution < 1.29 is 9.53 Å². The third-order valence-corrected chi connectivity index (χ3v) is 3.13. The van der Waals surface area contributed by atoms with Gasteiger partial charge in [0.1, 0.15) is 6.04 Å². The zero-order valence-corrected chi connectivity index (χ0v) is 13.0. The van der Waals surface area contributed by atoms with Crippen LogP contribution in [0.4, 0.5) is 0 Å². The molecule has 0 saturated carbocycles. The van der Waals surface area contributed by atoms with Crippen LogP contribution in [0, 0.1) is 0 Å². The molecule has 0 fully saturated rings. The van der Waals surface area contributed by atoms with E-state index in [1.54, 1.807) is 13.0 Å². The first-order chi connectivity index (χ1) is 8.45. The maximum absolute atomic E-state index is 12.0. The Hall–Kier alpha value is -0.580. The monoisotopic (exact) mass is 333 g/mol. The standard InChI is InChI=1S/C13H17BrClNO2/c1-4-18-13(17)12(16-8(2)3)10-7-9(14)5-6-11(10)15/h5-8,12,16H,4H2,1-3H3. The molecule has 1 atom stereocenters. The molecule has 100 valence electrons. The second-order valence-electron chi connectivity index (χ2n) is 4.17. The highest BCUT2D eigenvalue weighted by Gasteiger charge is 2.24. The third kappa shape index (κ3) is 4.26. The van der Waals surface area contributed by atoms with Crippen LogP contribution in [0.1, 0.15) is 32.4 Å². The van der Waals surface area contributed by atoms with E-state index in [0.717, 1.165) is 10.0 Å². The molecular weight excluding hydrogens is 318 g/mol. The van der Waals surface area contributed by atoms with E-state index in [1.165, 1.54) is 0 Å². The predicted molar refractivity (Wildman–Crippen MR) is 76.8 cm³/mol. The Labute approximate surface area is 121 Å². The van der Waals surface area contributed by atoms with Gasteiger partial charge in [0.15, 0.2) is 0 Å². The summed E-state index contributed by atoms with van der Waals surface area (Å²) in [5.74, 6) is -0.314. The summed E-state index contributed by atoms with van der Waals surface area (Å²) in [6.45, 7) is 6.07. The molecule has 5 heteroatoms. The summed E-state index contributed by atoms with van der Waals surface area (Å²) >= 11 is 9.53. The average Bonchev–Trinajstić information content (AvgIpc) is 2.29. The number of halogens is 2. The van der Waals surface area contributed by atoms with Crippen LogP contribution in [0.15, 0.2) is 22.7 Å². The molecule has 0 aliphatic rings. The summed E-state index contributed by atoms with van der Waals surface area (Å²) < 4.78 is 5.96. The average molecular weight is 335 g/mol. The van der Waals surface area contributed by atoms with Gasteiger partial charge in [0, 0.05) is 15.5 Å². The van der Waals surface area contributed by atoms with Crippen LogP contribution in [0.5, 0.6) is 0 Å². The molecule has 0 aromatic heterocycles. The van der Waals surface area contributed by atoms with E-state index in [-0.39, 0.29) is 12.0 Å². The van der Waals surface area contributed by atoms with Crippen molar-refractivity contribution in [1.29, 1.82) is 0 Å². The van der Waals surface area contributed by atoms with E-state index in [4.69, 9.17) is 16.3 Å². The van der Waals surface area contributed by atoms with E-state index in [1.807, 2.05) is 26.0 Å². The lowest BCUT2D eigenvalue weighted by Gasteiger charge is -2.21. The van der Waals surface area contributed by atoms with Gasteiger partial charge in [0.25, 0.3) is 0 Å². The molecule has 0 aliphatic heterocycles. The van der Waals surface area contributed by atoms with Gasteiger partial charge in [0.05, 0.1) is 6.61 Å². The van der Waals surface area contributed by atoms with Gasteiger partial charge < -0.3 is 4.74 Å². The normalized spacial score (nSPS) is 12.6. The predicted octanol–water partition coefficient (Wildman–Crippen LogP) is 3.70. The van der Waals surface area contributed by atoms with Crippen LogP contribution >= 0.6 is 27.5 Å². The first-order valence-corrected chi connectivity index (χ1v) is 7.00. The van der Waals surface area contributed by atoms with Crippen LogP contribution < -0.4 is 5.32 Å². The Morgan fingerprint density at radius 3 is 2.72 bits per heavy atom. The fourth-order valence-corrected chi connectivity index (χ4v) is 2.18. The first kappa shape index (κ1) is 15.5. The maximum Gasteiger partial charge on any atom is 0.327 e. The van der Waals surface area contributed by atoms with Gasteiger partial charge in [-0.3, -0.25) is 5.32 Å². The lowest BCUT2D eigenvalue weighted by molar-refractivity contribution is -0.146. The van der Waals surface area contributed by atoms with Gasteiger partial charge in [-0.25, -0.2) is 4.79 Å². The lowest BCUT2D eigenvalue weighted by atomic mass is 10.1. The summed E-state index contributed by atoms with van der Waals surface area (Å²) in [5, 5.41) is 3.71. The number of ether oxygens (including phenoxy) is 1. The molecule has 3 nitrogen and oxygen atoms in total. The van der Waals surface area contributed by atoms with Gasteiger partial charge in [-0.2, -0.15) is 0 Å². The molecule has 18 heavy (non-hydrogen) atoms. The number of nitrogens with one attached hydrogen (secondary N) is 1. The van der Waals surface area contributed by atoms with Crippen LogP contribution in [0.25, 0.3) is 0 Å². The molecule has 1 rings (SSSR count). The van der Waals surface area contributed by atoms with Gasteiger partial charge in [-0.1, -0.05) is 27.5 Å². The minimum atomic E-state index is -0.546. The van der Waals surface area contributed by atoms with Crippen LogP contribution in [0.3, 0.4) is 0 Å². The van der Waals surface area contributed by atoms with Crippen molar-refractivity contribution in [2.75, 3.05) is 6.61 Å². The van der Waals surface area contributed by atoms with Crippen LogP contribution in [-0.2, 0) is 9.53 Å². The molecule has 1 N–H and O–H groups in total. The molecule has 1 aromatic rings. The second kappa shape index (κ2) is 7.12. The van der Waals surface area contributed by atoms with Crippen molar-refractivity contribution >= 4 is 33.5 Å². The largest absolute Gasteiger partial charge is 0.465 e. The highest BCUT2D eigenvalue weighted by Crippen LogP contribution is 2.27. The summed E-state index contributed by atoms with van der Waals surface area (Å²) in [4.78, 5) is 12.0. The summed E-state index contributed by atoms with van der Waals surface area (Å²) in [6, 6.07) is 5.03. The van der Waals surface area contributed by atoms with Crippen molar-refractivity contribution in [2.24, 2.45) is 0 Å². The molecule has 0 saturated heterocycles. The smallest absolute Gasteiger partial charge is 0.327 e. The van der Waals surface area contributed by atoms with Crippen molar-refractivity contribution in [3.63, 3.8) is 0 Å². The number of hydrogen-bond donors (Lipinski definition) is 1. The number of carbonyl (C=O) groups is 1. The van der Waals surface area contributed by atoms with E-state index < -0.39 is 6.04 Å². The van der Waals surface area contributed by atoms with Crippen molar-refractivity contribution in [1.82, 2.24) is 5.32 Å². The van der Waals surface area contributed by atoms with Gasteiger partial charge in [0.2, 0.25) is 0 Å². The molecule has 0 radical (unpaired) electrons. The molecule has 0 heterocycles. The Kier molecular flexibility index (Phi) is 6.12. The molecule has 0 aliphatic carbocycles. The lowest BCUT2D eigenvalue weighted by Crippen LogP contribution is -2.35. The molecule has 1 aromatic carbocycles. The van der Waals surface area contributed by atoms with Crippen LogP contribution in [-0.4, -0.2) is 18.6 Å². The van der Waals surface area contributed by atoms with Crippen molar-refractivity contribution in [3.05, 3.63) is 33.3 Å². The molecule has 0 spiro atoms. The van der Waals surface area contributed by atoms with Crippen LogP contribution in [0.2, 0.25) is 5.02 Å². The SMILES string of the molecule is CCOC(=O)C(NC(C)C)c1cc(Br)ccc1Cl. The molecule has 0 bridgehead atoms. The van der Waals surface area contributed by atoms with Crippen molar-refractivity contribution in [3.8, 4) is 0 Å².